The Kier molecular flexibility index (Phi) is 5.89. The number of amides is 1. The van der Waals surface area contributed by atoms with Gasteiger partial charge in [-0.25, -0.2) is 4.79 Å². The number of rotatable bonds is 4. The minimum atomic E-state index is -0.390. The fourth-order valence-electron chi connectivity index (χ4n) is 2.62. The summed E-state index contributed by atoms with van der Waals surface area (Å²) in [5.74, 6) is 0.0525. The lowest BCUT2D eigenvalue weighted by Crippen LogP contribution is -2.34. The topological polar surface area (TPSA) is 67.4 Å². The van der Waals surface area contributed by atoms with Crippen molar-refractivity contribution in [2.75, 3.05) is 12.4 Å². The molecule has 1 aromatic rings. The molecule has 0 spiro atoms. The highest BCUT2D eigenvalue weighted by Crippen LogP contribution is 2.27. The van der Waals surface area contributed by atoms with Crippen LogP contribution in [-0.4, -0.2) is 24.1 Å². The average Bonchev–Trinajstić information content (AvgIpc) is 2.99. The van der Waals surface area contributed by atoms with Crippen LogP contribution in [-0.2, 0) is 9.53 Å². The van der Waals surface area contributed by atoms with E-state index in [1.54, 1.807) is 24.3 Å². The smallest absolute Gasteiger partial charge is 0.337 e. The summed E-state index contributed by atoms with van der Waals surface area (Å²) in [5, 5.41) is 5.89. The van der Waals surface area contributed by atoms with Gasteiger partial charge < -0.3 is 15.4 Å². The van der Waals surface area contributed by atoms with E-state index in [4.69, 9.17) is 12.2 Å². The molecule has 0 bridgehead atoms. The van der Waals surface area contributed by atoms with E-state index >= 15 is 0 Å². The first kappa shape index (κ1) is 16.4. The molecule has 1 aliphatic carbocycles. The fraction of sp³-hybridized carbons (Fsp3) is 0.438. The molecule has 1 aromatic carbocycles. The molecule has 0 atom stereocenters. The number of benzene rings is 1. The molecule has 22 heavy (non-hydrogen) atoms. The lowest BCUT2D eigenvalue weighted by Gasteiger charge is -2.12. The van der Waals surface area contributed by atoms with Crippen molar-refractivity contribution in [1.82, 2.24) is 5.32 Å². The summed E-state index contributed by atoms with van der Waals surface area (Å²) in [4.78, 5) is 23.2. The van der Waals surface area contributed by atoms with Crippen molar-refractivity contribution in [2.24, 2.45) is 5.92 Å². The van der Waals surface area contributed by atoms with Crippen LogP contribution in [0.2, 0.25) is 0 Å². The summed E-state index contributed by atoms with van der Waals surface area (Å²) < 4.78 is 4.63. The number of carbonyl (C=O) groups is 2. The minimum Gasteiger partial charge on any atom is -0.465 e. The Balaban J connectivity index is 1.80. The molecule has 0 aliphatic heterocycles. The van der Waals surface area contributed by atoms with Gasteiger partial charge >= 0.3 is 5.97 Å². The SMILES string of the molecule is COC(=O)c1ccc(NC(=S)NC(=O)CC2CCCC2)cc1. The Labute approximate surface area is 135 Å². The molecule has 1 fully saturated rings. The highest BCUT2D eigenvalue weighted by molar-refractivity contribution is 7.80. The van der Waals surface area contributed by atoms with Gasteiger partial charge in [-0.3, -0.25) is 4.79 Å². The van der Waals surface area contributed by atoms with E-state index in [2.05, 4.69) is 15.4 Å². The Morgan fingerprint density at radius 1 is 1.23 bits per heavy atom. The molecule has 1 saturated carbocycles. The molecular weight excluding hydrogens is 300 g/mol. The molecule has 0 radical (unpaired) electrons. The summed E-state index contributed by atoms with van der Waals surface area (Å²) in [7, 11) is 1.34. The van der Waals surface area contributed by atoms with Crippen molar-refractivity contribution >= 4 is 34.9 Å². The lowest BCUT2D eigenvalue weighted by molar-refractivity contribution is -0.120. The molecule has 0 unspecified atom stereocenters. The van der Waals surface area contributed by atoms with Crippen molar-refractivity contribution in [3.63, 3.8) is 0 Å². The highest BCUT2D eigenvalue weighted by Gasteiger charge is 2.18. The van der Waals surface area contributed by atoms with Gasteiger partial charge in [0.05, 0.1) is 12.7 Å². The second-order valence-corrected chi connectivity index (χ2v) is 5.83. The largest absolute Gasteiger partial charge is 0.465 e. The third-order valence-corrected chi connectivity index (χ3v) is 3.97. The molecule has 0 heterocycles. The highest BCUT2D eigenvalue weighted by atomic mass is 32.1. The predicted octanol–water partition coefficient (Wildman–Crippen LogP) is 2.87. The number of hydrogen-bond donors (Lipinski definition) is 2. The van der Waals surface area contributed by atoms with Crippen LogP contribution in [0.15, 0.2) is 24.3 Å². The van der Waals surface area contributed by atoms with Crippen LogP contribution in [0.25, 0.3) is 0 Å². The fourth-order valence-corrected chi connectivity index (χ4v) is 2.86. The minimum absolute atomic E-state index is 0.0458. The molecular formula is C16H20N2O3S. The maximum Gasteiger partial charge on any atom is 0.337 e. The van der Waals surface area contributed by atoms with Gasteiger partial charge in [0.2, 0.25) is 5.91 Å². The van der Waals surface area contributed by atoms with Crippen LogP contribution >= 0.6 is 12.2 Å². The standard InChI is InChI=1S/C16H20N2O3S/c1-21-15(20)12-6-8-13(9-7-12)17-16(22)18-14(19)10-11-4-2-3-5-11/h6-9,11H,2-5,10H2,1H3,(H2,17,18,19,22). The van der Waals surface area contributed by atoms with Crippen molar-refractivity contribution in [2.45, 2.75) is 32.1 Å². The summed E-state index contributed by atoms with van der Waals surface area (Å²) >= 11 is 5.13. The molecule has 2 N–H and O–H groups in total. The normalized spacial score (nSPS) is 14.4. The molecule has 118 valence electrons. The molecule has 6 heteroatoms. The second kappa shape index (κ2) is 7.89. The lowest BCUT2D eigenvalue weighted by atomic mass is 10.0. The van der Waals surface area contributed by atoms with E-state index in [-0.39, 0.29) is 17.0 Å². The predicted molar refractivity (Wildman–Crippen MR) is 88.7 cm³/mol. The van der Waals surface area contributed by atoms with Crippen molar-refractivity contribution in [3.05, 3.63) is 29.8 Å². The van der Waals surface area contributed by atoms with Gasteiger partial charge in [0.15, 0.2) is 5.11 Å². The third-order valence-electron chi connectivity index (χ3n) is 3.77. The van der Waals surface area contributed by atoms with Crippen molar-refractivity contribution < 1.29 is 14.3 Å². The maximum atomic E-state index is 11.9. The first-order valence-electron chi connectivity index (χ1n) is 7.37. The molecule has 5 nitrogen and oxygen atoms in total. The number of anilines is 1. The van der Waals surface area contributed by atoms with E-state index in [0.717, 1.165) is 12.8 Å². The summed E-state index contributed by atoms with van der Waals surface area (Å²) in [6.45, 7) is 0. The van der Waals surface area contributed by atoms with E-state index in [1.165, 1.54) is 20.0 Å². The van der Waals surface area contributed by atoms with Gasteiger partial charge in [0.1, 0.15) is 0 Å². The average molecular weight is 320 g/mol. The molecule has 0 saturated heterocycles. The molecule has 0 aromatic heterocycles. The Morgan fingerprint density at radius 2 is 1.86 bits per heavy atom. The number of ether oxygens (including phenoxy) is 1. The van der Waals surface area contributed by atoms with Gasteiger partial charge in [-0.15, -0.1) is 0 Å². The Bertz CT molecular complexity index is 551. The van der Waals surface area contributed by atoms with Crippen LogP contribution in [0.1, 0.15) is 42.5 Å². The molecule has 1 aliphatic rings. The van der Waals surface area contributed by atoms with Crippen LogP contribution in [0.5, 0.6) is 0 Å². The van der Waals surface area contributed by atoms with Crippen LogP contribution in [0.4, 0.5) is 5.69 Å². The van der Waals surface area contributed by atoms with E-state index in [1.807, 2.05) is 0 Å². The summed E-state index contributed by atoms with van der Waals surface area (Å²) in [6.07, 6.45) is 5.22. The zero-order chi connectivity index (χ0) is 15.9. The third kappa shape index (κ3) is 4.80. The monoisotopic (exact) mass is 320 g/mol. The zero-order valence-electron chi connectivity index (χ0n) is 12.6. The Hall–Kier alpha value is -1.95. The second-order valence-electron chi connectivity index (χ2n) is 5.43. The number of hydrogen-bond acceptors (Lipinski definition) is 4. The summed E-state index contributed by atoms with van der Waals surface area (Å²) in [5.41, 5.74) is 1.17. The van der Waals surface area contributed by atoms with Gasteiger partial charge in [0.25, 0.3) is 0 Å². The number of thiocarbonyl (C=S) groups is 1. The van der Waals surface area contributed by atoms with Crippen molar-refractivity contribution in [3.8, 4) is 0 Å². The number of nitrogens with one attached hydrogen (secondary N) is 2. The number of carbonyl (C=O) groups excluding carboxylic acids is 2. The summed E-state index contributed by atoms with van der Waals surface area (Å²) in [6, 6.07) is 6.69. The van der Waals surface area contributed by atoms with Crippen LogP contribution in [0.3, 0.4) is 0 Å². The first-order valence-corrected chi connectivity index (χ1v) is 7.78. The molecule has 1 amide bonds. The zero-order valence-corrected chi connectivity index (χ0v) is 13.4. The Morgan fingerprint density at radius 3 is 2.45 bits per heavy atom. The van der Waals surface area contributed by atoms with Crippen LogP contribution in [0, 0.1) is 5.92 Å². The van der Waals surface area contributed by atoms with Crippen LogP contribution < -0.4 is 10.6 Å². The van der Waals surface area contributed by atoms with Gasteiger partial charge in [-0.05, 0) is 55.2 Å². The van der Waals surface area contributed by atoms with Gasteiger partial charge in [-0.2, -0.15) is 0 Å². The van der Waals surface area contributed by atoms with Gasteiger partial charge in [-0.1, -0.05) is 12.8 Å². The first-order chi connectivity index (χ1) is 10.6. The van der Waals surface area contributed by atoms with E-state index in [0.29, 0.717) is 23.6 Å². The number of esters is 1. The van der Waals surface area contributed by atoms with E-state index < -0.39 is 0 Å². The quantitative estimate of drug-likeness (QED) is 0.659. The maximum absolute atomic E-state index is 11.9. The van der Waals surface area contributed by atoms with E-state index in [9.17, 15) is 9.59 Å². The molecule has 2 rings (SSSR count). The number of methoxy groups -OCH3 is 1. The van der Waals surface area contributed by atoms with Gasteiger partial charge in [0, 0.05) is 12.1 Å². The van der Waals surface area contributed by atoms with Crippen molar-refractivity contribution in [1.29, 1.82) is 0 Å².